The first-order valence-electron chi connectivity index (χ1n) is 6.16. The fourth-order valence-corrected chi connectivity index (χ4v) is 2.36. The minimum atomic E-state index is -1.29. The molecule has 2 N–H and O–H groups in total. The monoisotopic (exact) mass is 264 g/mol. The number of carbonyl (C=O) groups is 1. The Hall–Kier alpha value is -1.95. The number of H-pyrrole nitrogens is 1. The van der Waals surface area contributed by atoms with E-state index in [1.54, 1.807) is 0 Å². The van der Waals surface area contributed by atoms with Gasteiger partial charge in [0.2, 0.25) is 0 Å². The van der Waals surface area contributed by atoms with Gasteiger partial charge >= 0.3 is 5.97 Å². The Morgan fingerprint density at radius 2 is 2.42 bits per heavy atom. The van der Waals surface area contributed by atoms with Gasteiger partial charge in [0.25, 0.3) is 0 Å². The van der Waals surface area contributed by atoms with Crippen molar-refractivity contribution in [3.05, 3.63) is 29.3 Å². The number of halogens is 1. The molecule has 2 heterocycles. The summed E-state index contributed by atoms with van der Waals surface area (Å²) in [6.45, 7) is 0.767. The van der Waals surface area contributed by atoms with E-state index in [0.29, 0.717) is 23.3 Å². The molecule has 0 bridgehead atoms. The van der Waals surface area contributed by atoms with E-state index in [2.05, 4.69) is 9.97 Å². The lowest BCUT2D eigenvalue weighted by Crippen LogP contribution is -2.09. The molecule has 0 aliphatic carbocycles. The number of rotatable bonds is 3. The Morgan fingerprint density at radius 3 is 3.11 bits per heavy atom. The van der Waals surface area contributed by atoms with E-state index < -0.39 is 11.8 Å². The Labute approximate surface area is 108 Å². The van der Waals surface area contributed by atoms with Crippen molar-refractivity contribution in [1.29, 1.82) is 0 Å². The van der Waals surface area contributed by atoms with Crippen LogP contribution in [0.3, 0.4) is 0 Å². The number of nitrogens with one attached hydrogen (secondary N) is 1. The van der Waals surface area contributed by atoms with Crippen LogP contribution in [0.2, 0.25) is 0 Å². The van der Waals surface area contributed by atoms with E-state index in [0.717, 1.165) is 19.4 Å². The van der Waals surface area contributed by atoms with Crippen molar-refractivity contribution >= 4 is 17.0 Å². The van der Waals surface area contributed by atoms with Gasteiger partial charge in [-0.2, -0.15) is 0 Å². The van der Waals surface area contributed by atoms with Crippen molar-refractivity contribution in [3.63, 3.8) is 0 Å². The summed E-state index contributed by atoms with van der Waals surface area (Å²) in [5.74, 6) is -1.35. The van der Waals surface area contributed by atoms with Gasteiger partial charge in [0.1, 0.15) is 11.6 Å². The average molecular weight is 264 g/mol. The summed E-state index contributed by atoms with van der Waals surface area (Å²) in [5, 5.41) is 8.86. The first-order chi connectivity index (χ1) is 9.13. The van der Waals surface area contributed by atoms with E-state index in [4.69, 9.17) is 9.84 Å². The van der Waals surface area contributed by atoms with E-state index in [9.17, 15) is 9.18 Å². The fraction of sp³-hybridized carbons (Fsp3) is 0.385. The highest BCUT2D eigenvalue weighted by molar-refractivity contribution is 5.92. The topological polar surface area (TPSA) is 75.2 Å². The number of fused-ring (bicyclic) bond motifs is 1. The molecule has 6 heteroatoms. The number of imidazole rings is 1. The van der Waals surface area contributed by atoms with Gasteiger partial charge < -0.3 is 14.8 Å². The zero-order valence-corrected chi connectivity index (χ0v) is 10.1. The molecule has 1 aromatic heterocycles. The lowest BCUT2D eigenvalue weighted by molar-refractivity contribution is 0.0692. The van der Waals surface area contributed by atoms with Crippen LogP contribution in [0.5, 0.6) is 0 Å². The largest absolute Gasteiger partial charge is 0.478 e. The number of ether oxygens (including phenoxy) is 1. The molecule has 1 fully saturated rings. The van der Waals surface area contributed by atoms with Gasteiger partial charge in [0.15, 0.2) is 0 Å². The molecule has 3 rings (SSSR count). The third kappa shape index (κ3) is 2.31. The minimum Gasteiger partial charge on any atom is -0.478 e. The predicted octanol–water partition coefficient (Wildman–Crippen LogP) is 2.12. The molecule has 0 amide bonds. The third-order valence-corrected chi connectivity index (χ3v) is 3.30. The minimum absolute atomic E-state index is 0.143. The molecule has 1 aliphatic rings. The normalized spacial score (nSPS) is 19.1. The number of carboxylic acid groups (broad SMARTS) is 1. The van der Waals surface area contributed by atoms with E-state index in [1.165, 1.54) is 12.1 Å². The number of aromatic nitrogens is 2. The second kappa shape index (κ2) is 4.62. The van der Waals surface area contributed by atoms with Crippen LogP contribution in [-0.2, 0) is 11.2 Å². The van der Waals surface area contributed by atoms with Crippen LogP contribution in [-0.4, -0.2) is 33.8 Å². The molecule has 1 unspecified atom stereocenters. The van der Waals surface area contributed by atoms with Crippen LogP contribution in [0.4, 0.5) is 4.39 Å². The predicted molar refractivity (Wildman–Crippen MR) is 65.7 cm³/mol. The maximum atomic E-state index is 13.5. The molecule has 0 spiro atoms. The van der Waals surface area contributed by atoms with Crippen LogP contribution in [0.15, 0.2) is 12.1 Å². The van der Waals surface area contributed by atoms with Crippen molar-refractivity contribution in [2.75, 3.05) is 6.61 Å². The summed E-state index contributed by atoms with van der Waals surface area (Å²) in [6.07, 6.45) is 2.82. The number of aromatic carboxylic acids is 1. The van der Waals surface area contributed by atoms with Crippen molar-refractivity contribution in [2.24, 2.45) is 0 Å². The molecule has 5 nitrogen and oxygen atoms in total. The van der Waals surface area contributed by atoms with Crippen molar-refractivity contribution < 1.29 is 19.0 Å². The highest BCUT2D eigenvalue weighted by Gasteiger charge is 2.19. The van der Waals surface area contributed by atoms with Gasteiger partial charge in [-0.15, -0.1) is 0 Å². The maximum Gasteiger partial charge on any atom is 0.338 e. The SMILES string of the molecule is O=C(O)c1cc2nc(CC3CCCO3)[nH]c2cc1F. The smallest absolute Gasteiger partial charge is 0.338 e. The van der Waals surface area contributed by atoms with Crippen molar-refractivity contribution in [3.8, 4) is 0 Å². The van der Waals surface area contributed by atoms with Crippen LogP contribution in [0.25, 0.3) is 11.0 Å². The van der Waals surface area contributed by atoms with Crippen LogP contribution >= 0.6 is 0 Å². The van der Waals surface area contributed by atoms with Gasteiger partial charge in [0.05, 0.1) is 22.7 Å². The van der Waals surface area contributed by atoms with Crippen LogP contribution in [0.1, 0.15) is 29.0 Å². The van der Waals surface area contributed by atoms with Crippen molar-refractivity contribution in [2.45, 2.75) is 25.4 Å². The van der Waals surface area contributed by atoms with E-state index in [1.807, 2.05) is 0 Å². The van der Waals surface area contributed by atoms with E-state index in [-0.39, 0.29) is 11.7 Å². The summed E-state index contributed by atoms with van der Waals surface area (Å²) in [5.41, 5.74) is 0.616. The molecule has 19 heavy (non-hydrogen) atoms. The summed E-state index contributed by atoms with van der Waals surface area (Å²) >= 11 is 0. The Balaban J connectivity index is 1.93. The average Bonchev–Trinajstić information content (AvgIpc) is 2.96. The molecule has 1 aliphatic heterocycles. The van der Waals surface area contributed by atoms with Gasteiger partial charge in [0, 0.05) is 19.1 Å². The highest BCUT2D eigenvalue weighted by Crippen LogP contribution is 2.20. The molecular weight excluding hydrogens is 251 g/mol. The lowest BCUT2D eigenvalue weighted by Gasteiger charge is -2.05. The van der Waals surface area contributed by atoms with E-state index >= 15 is 0 Å². The first-order valence-corrected chi connectivity index (χ1v) is 6.16. The number of benzene rings is 1. The first kappa shape index (κ1) is 12.1. The number of nitrogens with zero attached hydrogens (tertiary/aromatic N) is 1. The van der Waals surface area contributed by atoms with Crippen molar-refractivity contribution in [1.82, 2.24) is 9.97 Å². The lowest BCUT2D eigenvalue weighted by atomic mass is 10.2. The molecule has 100 valence electrons. The highest BCUT2D eigenvalue weighted by atomic mass is 19.1. The Kier molecular flexibility index (Phi) is 2.94. The fourth-order valence-electron chi connectivity index (χ4n) is 2.36. The summed E-state index contributed by atoms with van der Waals surface area (Å²) in [4.78, 5) is 18.2. The molecule has 0 radical (unpaired) electrons. The number of aromatic amines is 1. The van der Waals surface area contributed by atoms with Gasteiger partial charge in [-0.25, -0.2) is 14.2 Å². The molecule has 1 atom stereocenters. The van der Waals surface area contributed by atoms with Crippen LogP contribution in [0, 0.1) is 5.82 Å². The summed E-state index contributed by atoms with van der Waals surface area (Å²) in [6, 6.07) is 2.42. The molecule has 1 saturated heterocycles. The Bertz CT molecular complexity index is 632. The van der Waals surface area contributed by atoms with Gasteiger partial charge in [-0.1, -0.05) is 0 Å². The third-order valence-electron chi connectivity index (χ3n) is 3.30. The number of hydrogen-bond acceptors (Lipinski definition) is 3. The van der Waals surface area contributed by atoms with Crippen LogP contribution < -0.4 is 0 Å². The molecule has 0 saturated carbocycles. The number of hydrogen-bond donors (Lipinski definition) is 2. The summed E-state index contributed by atoms with van der Waals surface area (Å²) in [7, 11) is 0. The zero-order valence-electron chi connectivity index (χ0n) is 10.1. The zero-order chi connectivity index (χ0) is 13.4. The second-order valence-corrected chi connectivity index (χ2v) is 4.68. The van der Waals surface area contributed by atoms with Gasteiger partial charge in [-0.3, -0.25) is 0 Å². The molecular formula is C13H13FN2O3. The maximum absolute atomic E-state index is 13.5. The standard InChI is InChI=1S/C13H13FN2O3/c14-9-6-11-10(5-8(9)13(17)18)15-12(16-11)4-7-2-1-3-19-7/h5-7H,1-4H2,(H,15,16)(H,17,18). The summed E-state index contributed by atoms with van der Waals surface area (Å²) < 4.78 is 19.0. The number of carboxylic acids is 1. The Morgan fingerprint density at radius 1 is 1.58 bits per heavy atom. The second-order valence-electron chi connectivity index (χ2n) is 4.68. The molecule has 2 aromatic rings. The molecule has 1 aromatic carbocycles. The van der Waals surface area contributed by atoms with Gasteiger partial charge in [-0.05, 0) is 18.9 Å². The quantitative estimate of drug-likeness (QED) is 0.890.